The summed E-state index contributed by atoms with van der Waals surface area (Å²) in [7, 11) is 0. The molecule has 0 saturated heterocycles. The average Bonchev–Trinajstić information content (AvgIpc) is 4.14. The predicted molar refractivity (Wildman–Crippen MR) is 265 cm³/mol. The fourth-order valence-corrected chi connectivity index (χ4v) is 12.1. The highest BCUT2D eigenvalue weighted by atomic mass is 16.6. The van der Waals surface area contributed by atoms with E-state index in [-0.39, 0.29) is 46.4 Å². The molecule has 0 bridgehead atoms. The average molecular weight is 899 g/mol. The zero-order chi connectivity index (χ0) is 46.5. The smallest absolute Gasteiger partial charge is 0.336 e. The number of hydrogen-bond donors (Lipinski definition) is 2. The zero-order valence-electron chi connectivity index (χ0n) is 36.5. The van der Waals surface area contributed by atoms with Crippen LogP contribution in [0, 0.1) is 20.2 Å². The Balaban J connectivity index is 0.935. The van der Waals surface area contributed by atoms with Gasteiger partial charge in [0.05, 0.1) is 21.0 Å². The van der Waals surface area contributed by atoms with Crippen LogP contribution in [0.5, 0.6) is 0 Å². The number of nitrogens with zero attached hydrogens (tertiary/aromatic N) is 4. The van der Waals surface area contributed by atoms with Crippen LogP contribution in [-0.2, 0) is 9.59 Å². The molecule has 2 aliphatic heterocycles. The number of anilines is 4. The van der Waals surface area contributed by atoms with Gasteiger partial charge in [-0.25, -0.2) is 9.59 Å². The molecule has 4 atom stereocenters. The van der Waals surface area contributed by atoms with Crippen LogP contribution in [0.1, 0.15) is 83.7 Å². The topological polar surface area (TPSA) is 167 Å². The van der Waals surface area contributed by atoms with Gasteiger partial charge in [-0.15, -0.1) is 0 Å². The van der Waals surface area contributed by atoms with Crippen molar-refractivity contribution in [3.63, 3.8) is 0 Å². The van der Waals surface area contributed by atoms with E-state index in [1.165, 1.54) is 81.2 Å². The molecular formula is C56H42N4O8. The molecule has 2 N–H and O–H groups in total. The minimum Gasteiger partial charge on any atom is -0.478 e. The van der Waals surface area contributed by atoms with Crippen molar-refractivity contribution < 1.29 is 29.6 Å². The summed E-state index contributed by atoms with van der Waals surface area (Å²) in [4.78, 5) is 51.6. The lowest BCUT2D eigenvalue weighted by Crippen LogP contribution is -2.27. The monoisotopic (exact) mass is 898 g/mol. The molecule has 4 unspecified atom stereocenters. The molecule has 2 aliphatic carbocycles. The van der Waals surface area contributed by atoms with Gasteiger partial charge in [0, 0.05) is 81.7 Å². The van der Waals surface area contributed by atoms with Crippen molar-refractivity contribution in [1.29, 1.82) is 0 Å². The van der Waals surface area contributed by atoms with Crippen molar-refractivity contribution in [2.24, 2.45) is 0 Å². The minimum atomic E-state index is -1.11. The zero-order valence-corrected chi connectivity index (χ0v) is 36.5. The Morgan fingerprint density at radius 1 is 0.500 bits per heavy atom. The van der Waals surface area contributed by atoms with Crippen LogP contribution < -0.4 is 9.80 Å². The number of nitro benzene ring substituents is 2. The maximum atomic E-state index is 12.5. The first-order chi connectivity index (χ1) is 33.0. The highest BCUT2D eigenvalue weighted by Gasteiger charge is 2.44. The highest BCUT2D eigenvalue weighted by molar-refractivity contribution is 6.28. The van der Waals surface area contributed by atoms with E-state index in [2.05, 4.69) is 82.6 Å². The summed E-state index contributed by atoms with van der Waals surface area (Å²) < 4.78 is 0. The number of fused-ring (bicyclic) bond motifs is 6. The Bertz CT molecular complexity index is 3290. The standard InChI is InChI=1S/C56H42N4O8/c61-55(62)43(33-9-17-37(18-10-33)59(65)66)27-31-7-23-51-45(29-31)39-3-1-5-47(39)57(51)49-25-15-35-14-22-42-50(26-16-36-13-21-41(49)53(35)54(36)42)58-48-6-2-4-40(48)46-30-32(8-24-52(46)58)28-44(56(63)64)34-11-19-38(20-12-34)60(67)68/h7-30,39-40,47-48H,1-6H2,(H,61,62)(H,63,64)/b43-27-,44-28+. The van der Waals surface area contributed by atoms with Crippen LogP contribution in [0.4, 0.5) is 34.1 Å². The van der Waals surface area contributed by atoms with Crippen LogP contribution in [0.2, 0.25) is 0 Å². The van der Waals surface area contributed by atoms with Gasteiger partial charge in [0.25, 0.3) is 11.4 Å². The number of aliphatic carboxylic acids is 2. The first-order valence-electron chi connectivity index (χ1n) is 23.0. The number of rotatable bonds is 10. The van der Waals surface area contributed by atoms with Crippen molar-refractivity contribution in [1.82, 2.24) is 0 Å². The van der Waals surface area contributed by atoms with Crippen molar-refractivity contribution in [2.75, 3.05) is 9.80 Å². The lowest BCUT2D eigenvalue weighted by atomic mass is 9.91. The maximum absolute atomic E-state index is 12.5. The molecule has 0 amide bonds. The largest absolute Gasteiger partial charge is 0.478 e. The molecule has 8 aromatic carbocycles. The van der Waals surface area contributed by atoms with Gasteiger partial charge in [0.1, 0.15) is 0 Å². The van der Waals surface area contributed by atoms with Crippen molar-refractivity contribution in [2.45, 2.75) is 62.4 Å². The van der Waals surface area contributed by atoms with Crippen LogP contribution in [-0.4, -0.2) is 44.1 Å². The first kappa shape index (κ1) is 41.1. The van der Waals surface area contributed by atoms with E-state index in [1.807, 2.05) is 12.1 Å². The molecular weight excluding hydrogens is 857 g/mol. The molecule has 4 aliphatic rings. The number of nitro groups is 2. The Kier molecular flexibility index (Phi) is 9.44. The van der Waals surface area contributed by atoms with Crippen LogP contribution in [0.15, 0.2) is 133 Å². The normalized spacial score (nSPS) is 19.7. The Morgan fingerprint density at radius 2 is 0.882 bits per heavy atom. The minimum absolute atomic E-state index is 0.0674. The molecule has 8 aromatic rings. The predicted octanol–water partition coefficient (Wildman–Crippen LogP) is 13.2. The first-order valence-corrected chi connectivity index (χ1v) is 23.0. The molecule has 0 spiro atoms. The Labute approximate surface area is 389 Å². The van der Waals surface area contributed by atoms with E-state index >= 15 is 0 Å². The SMILES string of the molecule is O=C(O)/C(=C\c1ccc2c(c1)C1CCCC1N2c1ccc2ccc3c(N4c5ccc(/C=C(/C(=O)O)c6ccc([N+](=O)[O-])cc6)cc5C5CCCC54)ccc4ccc1c2c43)c1ccc([N+](=O)[O-])cc1. The third kappa shape index (κ3) is 6.42. The number of benzene rings is 8. The summed E-state index contributed by atoms with van der Waals surface area (Å²) in [5.41, 5.74) is 9.20. The van der Waals surface area contributed by atoms with E-state index in [4.69, 9.17) is 0 Å². The number of non-ortho nitro benzene ring substituents is 2. The molecule has 2 saturated carbocycles. The highest BCUT2D eigenvalue weighted by Crippen LogP contribution is 2.57. The van der Waals surface area contributed by atoms with E-state index in [0.29, 0.717) is 11.1 Å². The molecule has 2 heterocycles. The number of hydrogen-bond acceptors (Lipinski definition) is 8. The molecule has 2 fully saturated rings. The molecule has 12 heteroatoms. The number of carbonyl (C=O) groups is 2. The van der Waals surface area contributed by atoms with Gasteiger partial charge in [-0.3, -0.25) is 20.2 Å². The van der Waals surface area contributed by atoms with Crippen molar-refractivity contribution in [3.8, 4) is 0 Å². The van der Waals surface area contributed by atoms with Crippen LogP contribution >= 0.6 is 0 Å². The third-order valence-electron chi connectivity index (χ3n) is 15.0. The van der Waals surface area contributed by atoms with Gasteiger partial charge in [-0.1, -0.05) is 61.4 Å². The van der Waals surface area contributed by atoms with Crippen LogP contribution in [0.25, 0.3) is 55.6 Å². The van der Waals surface area contributed by atoms with Gasteiger partial charge in [-0.2, -0.15) is 0 Å². The quantitative estimate of drug-likeness (QED) is 0.0443. The van der Waals surface area contributed by atoms with Gasteiger partial charge >= 0.3 is 11.9 Å². The van der Waals surface area contributed by atoms with Gasteiger partial charge < -0.3 is 20.0 Å². The van der Waals surface area contributed by atoms with Crippen molar-refractivity contribution in [3.05, 3.63) is 187 Å². The lowest BCUT2D eigenvalue weighted by molar-refractivity contribution is -0.385. The fourth-order valence-electron chi connectivity index (χ4n) is 12.1. The molecule has 68 heavy (non-hydrogen) atoms. The molecule has 0 aromatic heterocycles. The van der Waals surface area contributed by atoms with Crippen molar-refractivity contribution >= 4 is 102 Å². The Morgan fingerprint density at radius 3 is 1.26 bits per heavy atom. The second kappa shape index (κ2) is 15.6. The third-order valence-corrected chi connectivity index (χ3v) is 15.0. The van der Waals surface area contributed by atoms with E-state index in [9.17, 15) is 40.0 Å². The second-order valence-electron chi connectivity index (χ2n) is 18.5. The van der Waals surface area contributed by atoms with E-state index < -0.39 is 21.8 Å². The van der Waals surface area contributed by atoms with E-state index in [1.54, 1.807) is 12.2 Å². The summed E-state index contributed by atoms with van der Waals surface area (Å²) in [5, 5.41) is 50.1. The van der Waals surface area contributed by atoms with Gasteiger partial charge in [0.2, 0.25) is 0 Å². The summed E-state index contributed by atoms with van der Waals surface area (Å²) >= 11 is 0. The summed E-state index contributed by atoms with van der Waals surface area (Å²) in [6.07, 6.45) is 9.61. The summed E-state index contributed by atoms with van der Waals surface area (Å²) in [6, 6.07) is 42.1. The summed E-state index contributed by atoms with van der Waals surface area (Å²) in [6.45, 7) is 0. The molecule has 334 valence electrons. The number of carboxylic acid groups (broad SMARTS) is 2. The number of carboxylic acids is 2. The molecule has 12 rings (SSSR count). The molecule has 0 radical (unpaired) electrons. The fraction of sp³-hybridized carbons (Fsp3) is 0.179. The molecule has 12 nitrogen and oxygen atoms in total. The Hall–Kier alpha value is -8.38. The summed E-state index contributed by atoms with van der Waals surface area (Å²) in [5.74, 6) is -1.66. The van der Waals surface area contributed by atoms with Gasteiger partial charge in [-0.05, 0) is 153 Å². The van der Waals surface area contributed by atoms with E-state index in [0.717, 1.165) is 83.2 Å². The van der Waals surface area contributed by atoms with Crippen LogP contribution in [0.3, 0.4) is 0 Å². The second-order valence-corrected chi connectivity index (χ2v) is 18.5. The maximum Gasteiger partial charge on any atom is 0.336 e. The van der Waals surface area contributed by atoms with Gasteiger partial charge in [0.15, 0.2) is 0 Å². The lowest BCUT2D eigenvalue weighted by Gasteiger charge is -2.31.